The molecule has 43 heavy (non-hydrogen) atoms. The molecule has 6 nitrogen and oxygen atoms in total. The summed E-state index contributed by atoms with van der Waals surface area (Å²) in [4.78, 5) is 17.8. The van der Waals surface area contributed by atoms with Gasteiger partial charge in [0.1, 0.15) is 0 Å². The fourth-order valence-corrected chi connectivity index (χ4v) is 12.4. The van der Waals surface area contributed by atoms with E-state index in [1.54, 1.807) is 12.4 Å². The number of pyridine rings is 4. The third kappa shape index (κ3) is 9.57. The summed E-state index contributed by atoms with van der Waals surface area (Å²) in [6, 6.07) is 20.0. The van der Waals surface area contributed by atoms with Crippen molar-refractivity contribution in [3.8, 4) is 22.8 Å². The van der Waals surface area contributed by atoms with E-state index in [0.29, 0.717) is 22.2 Å². The van der Waals surface area contributed by atoms with E-state index in [1.807, 2.05) is 60.9 Å². The Labute approximate surface area is 281 Å². The number of hydrogen-bond donors (Lipinski definition) is 0. The maximum absolute atomic E-state index is 7.02. The summed E-state index contributed by atoms with van der Waals surface area (Å²) in [7, 11) is -4.03. The molecule has 0 fully saturated rings. The van der Waals surface area contributed by atoms with E-state index in [4.69, 9.17) is 22.2 Å². The van der Waals surface area contributed by atoms with Crippen LogP contribution in [0.3, 0.4) is 0 Å². The van der Waals surface area contributed by atoms with E-state index in [-0.39, 0.29) is 30.4 Å². The van der Waals surface area contributed by atoms with E-state index in [1.165, 1.54) is 10.4 Å². The molecule has 11 heteroatoms. The first-order valence-corrected chi connectivity index (χ1v) is 20.4. The molecular weight excluding hydrogens is 701 g/mol. The molecule has 0 aliphatic rings. The molecule has 4 aromatic heterocycles. The second-order valence-electron chi connectivity index (χ2n) is 11.4. The summed E-state index contributed by atoms with van der Waals surface area (Å²) < 4.78 is 0. The van der Waals surface area contributed by atoms with Crippen LogP contribution in [-0.2, 0) is 19.5 Å². The van der Waals surface area contributed by atoms with E-state index < -0.39 is 14.8 Å². The summed E-state index contributed by atoms with van der Waals surface area (Å²) in [6.45, 7) is 17.7. The van der Waals surface area contributed by atoms with Crippen molar-refractivity contribution in [3.63, 3.8) is 0 Å². The predicted molar refractivity (Wildman–Crippen MR) is 185 cm³/mol. The molecule has 0 unspecified atom stereocenters. The zero-order chi connectivity index (χ0) is 29.5. The number of hydrogen-bond acceptors (Lipinski definition) is 4. The molecule has 4 aromatic rings. The van der Waals surface area contributed by atoms with Gasteiger partial charge < -0.3 is 11.0 Å². The van der Waals surface area contributed by atoms with Crippen LogP contribution in [-0.4, -0.2) is 45.7 Å². The minimum Gasteiger partial charge on any atom is -0.412 e. The van der Waals surface area contributed by atoms with Gasteiger partial charge in [-0.25, -0.2) is 0 Å². The summed E-state index contributed by atoms with van der Waals surface area (Å²) in [5.74, 6) is 0. The first kappa shape index (κ1) is 41.2. The van der Waals surface area contributed by atoms with Crippen molar-refractivity contribution in [2.24, 2.45) is 0 Å². The standard InChI is InChI=1S/2C16H21ClN2Si.2H2O.Ru/c2*1-12(2)20(17,13(3)4)14-8-9-16(19-11-14)15-7-5-6-10-18-15;;;/h2*5-13H,1-4H3;2*1H2;. The molecule has 0 radical (unpaired) electrons. The van der Waals surface area contributed by atoms with Gasteiger partial charge in [-0.1, -0.05) is 79.7 Å². The van der Waals surface area contributed by atoms with Crippen LogP contribution < -0.4 is 10.4 Å². The molecule has 4 rings (SSSR count). The molecule has 0 aliphatic carbocycles. The average Bonchev–Trinajstić information content (AvgIpc) is 2.97. The van der Waals surface area contributed by atoms with Gasteiger partial charge >= 0.3 is 0 Å². The van der Waals surface area contributed by atoms with Crippen LogP contribution in [0.1, 0.15) is 55.4 Å². The molecule has 0 saturated heterocycles. The molecule has 4 N–H and O–H groups in total. The SMILES string of the molecule is CC(C)[Si](Cl)(c1ccc(-c2ccccn2)nc1)C(C)C.CC(C)[Si](Cl)(c1ccc(-c2ccccn2)nc1)C(C)C.O.O.[Ru]. The average molecular weight is 747 g/mol. The first-order valence-electron chi connectivity index (χ1n) is 14.1. The summed E-state index contributed by atoms with van der Waals surface area (Å²) in [5, 5.41) is 2.42. The minimum atomic E-state index is -2.01. The molecule has 4 heterocycles. The second-order valence-corrected chi connectivity index (χ2v) is 24.0. The first-order chi connectivity index (χ1) is 18.9. The van der Waals surface area contributed by atoms with E-state index in [0.717, 1.165) is 22.8 Å². The Morgan fingerprint density at radius 3 is 0.977 bits per heavy atom. The van der Waals surface area contributed by atoms with Crippen LogP contribution in [0.15, 0.2) is 85.5 Å². The fraction of sp³-hybridized carbons (Fsp3) is 0.375. The Hall–Kier alpha value is -1.84. The van der Waals surface area contributed by atoms with Gasteiger partial charge in [0, 0.05) is 44.3 Å². The Morgan fingerprint density at radius 2 is 0.767 bits per heavy atom. The molecule has 0 atom stereocenters. The molecule has 0 aromatic carbocycles. The molecule has 236 valence electrons. The summed E-state index contributed by atoms with van der Waals surface area (Å²) in [6.07, 6.45) is 7.47. The largest absolute Gasteiger partial charge is 0.412 e. The Balaban J connectivity index is 0.000000767. The van der Waals surface area contributed by atoms with Crippen molar-refractivity contribution < 1.29 is 30.4 Å². The second kappa shape index (κ2) is 18.2. The van der Waals surface area contributed by atoms with Crippen molar-refractivity contribution in [3.05, 3.63) is 85.5 Å². The summed E-state index contributed by atoms with van der Waals surface area (Å²) in [5.41, 5.74) is 5.51. The molecule has 0 spiro atoms. The zero-order valence-electron chi connectivity index (χ0n) is 26.3. The fourth-order valence-electron chi connectivity index (χ4n) is 5.24. The van der Waals surface area contributed by atoms with Gasteiger partial charge in [-0.3, -0.25) is 19.9 Å². The number of aromatic nitrogens is 4. The van der Waals surface area contributed by atoms with Crippen molar-refractivity contribution in [1.82, 2.24) is 19.9 Å². The number of rotatable bonds is 8. The number of halogens is 2. The van der Waals surface area contributed by atoms with Crippen molar-refractivity contribution in [2.45, 2.75) is 77.6 Å². The third-order valence-electron chi connectivity index (χ3n) is 7.63. The molecule has 0 bridgehead atoms. The van der Waals surface area contributed by atoms with E-state index in [9.17, 15) is 0 Å². The van der Waals surface area contributed by atoms with Crippen LogP contribution in [0.5, 0.6) is 0 Å². The Morgan fingerprint density at radius 1 is 0.465 bits per heavy atom. The van der Waals surface area contributed by atoms with Gasteiger partial charge in [0.2, 0.25) is 0 Å². The van der Waals surface area contributed by atoms with Gasteiger partial charge in [-0.2, -0.15) is 22.2 Å². The zero-order valence-corrected chi connectivity index (χ0v) is 31.5. The smallest absolute Gasteiger partial charge is 0.193 e. The van der Waals surface area contributed by atoms with Crippen molar-refractivity contribution in [2.75, 3.05) is 0 Å². The van der Waals surface area contributed by atoms with Crippen molar-refractivity contribution >= 4 is 47.3 Å². The Bertz CT molecular complexity index is 1210. The minimum absolute atomic E-state index is 0. The van der Waals surface area contributed by atoms with Gasteiger partial charge in [-0.05, 0) is 68.9 Å². The molecule has 0 amide bonds. The normalized spacial score (nSPS) is 11.3. The van der Waals surface area contributed by atoms with Crippen LogP contribution in [0.4, 0.5) is 0 Å². The quantitative estimate of drug-likeness (QED) is 0.142. The van der Waals surface area contributed by atoms with E-state index in [2.05, 4.69) is 87.5 Å². The predicted octanol–water partition coefficient (Wildman–Crippen LogP) is 7.06. The van der Waals surface area contributed by atoms with Gasteiger partial charge in [0.15, 0.2) is 14.8 Å². The van der Waals surface area contributed by atoms with Crippen LogP contribution >= 0.6 is 22.2 Å². The maximum Gasteiger partial charge on any atom is 0.193 e. The molecular formula is C32H46Cl2N4O2RuSi2. The topological polar surface area (TPSA) is 115 Å². The number of nitrogens with zero attached hydrogens (tertiary/aromatic N) is 4. The molecule has 0 saturated carbocycles. The Kier molecular flexibility index (Phi) is 17.4. The van der Waals surface area contributed by atoms with Crippen LogP contribution in [0, 0.1) is 0 Å². The third-order valence-corrected chi connectivity index (χ3v) is 23.3. The van der Waals surface area contributed by atoms with Gasteiger partial charge in [0.25, 0.3) is 0 Å². The van der Waals surface area contributed by atoms with E-state index >= 15 is 0 Å². The summed E-state index contributed by atoms with van der Waals surface area (Å²) >= 11 is 14.0. The van der Waals surface area contributed by atoms with Gasteiger partial charge in [0.05, 0.1) is 22.8 Å². The van der Waals surface area contributed by atoms with Gasteiger partial charge in [-0.15, -0.1) is 0 Å². The van der Waals surface area contributed by atoms with Crippen LogP contribution in [0.2, 0.25) is 22.2 Å². The van der Waals surface area contributed by atoms with Crippen molar-refractivity contribution in [1.29, 1.82) is 0 Å². The molecule has 0 aliphatic heterocycles. The maximum atomic E-state index is 7.02. The monoisotopic (exact) mass is 746 g/mol. The van der Waals surface area contributed by atoms with Crippen LogP contribution in [0.25, 0.3) is 22.8 Å².